The third-order valence-corrected chi connectivity index (χ3v) is 3.27. The highest BCUT2D eigenvalue weighted by molar-refractivity contribution is 5.75. The lowest BCUT2D eigenvalue weighted by Crippen LogP contribution is -2.42. The van der Waals surface area contributed by atoms with Gasteiger partial charge < -0.3 is 10.0 Å². The first-order chi connectivity index (χ1) is 8.00. The highest BCUT2D eigenvalue weighted by Crippen LogP contribution is 2.19. The molecule has 0 bridgehead atoms. The van der Waals surface area contributed by atoms with E-state index in [-0.39, 0.29) is 18.4 Å². The van der Waals surface area contributed by atoms with Gasteiger partial charge in [0.15, 0.2) is 0 Å². The van der Waals surface area contributed by atoms with Crippen LogP contribution in [0.4, 0.5) is 0 Å². The lowest BCUT2D eigenvalue weighted by atomic mass is 9.99. The van der Waals surface area contributed by atoms with Gasteiger partial charge in [-0.25, -0.2) is 0 Å². The van der Waals surface area contributed by atoms with Crippen LogP contribution < -0.4 is 0 Å². The number of carboxylic acids is 1. The molecule has 0 radical (unpaired) electrons. The number of amides is 1. The molecule has 1 aliphatic rings. The first kappa shape index (κ1) is 14.0. The SMILES string of the molecule is CN(C)C(=O)CCN1CCCCC1CC(=O)O. The molecule has 5 nitrogen and oxygen atoms in total. The van der Waals surface area contributed by atoms with E-state index in [9.17, 15) is 9.59 Å². The van der Waals surface area contributed by atoms with E-state index in [1.165, 1.54) is 0 Å². The van der Waals surface area contributed by atoms with Crippen molar-refractivity contribution in [1.29, 1.82) is 0 Å². The normalized spacial score (nSPS) is 21.2. The van der Waals surface area contributed by atoms with Crippen LogP contribution in [0.2, 0.25) is 0 Å². The van der Waals surface area contributed by atoms with Gasteiger partial charge in [-0.2, -0.15) is 0 Å². The molecule has 0 spiro atoms. The molecular formula is C12H22N2O3. The summed E-state index contributed by atoms with van der Waals surface area (Å²) < 4.78 is 0. The molecule has 1 fully saturated rings. The van der Waals surface area contributed by atoms with Crippen molar-refractivity contribution in [3.63, 3.8) is 0 Å². The van der Waals surface area contributed by atoms with Gasteiger partial charge in [-0.1, -0.05) is 6.42 Å². The molecule has 17 heavy (non-hydrogen) atoms. The number of carbonyl (C=O) groups excluding carboxylic acids is 1. The number of carboxylic acid groups (broad SMARTS) is 1. The summed E-state index contributed by atoms with van der Waals surface area (Å²) in [5, 5.41) is 8.85. The molecule has 5 heteroatoms. The Bertz CT molecular complexity index is 279. The van der Waals surface area contributed by atoms with Crippen molar-refractivity contribution in [2.45, 2.75) is 38.1 Å². The molecular weight excluding hydrogens is 220 g/mol. The number of likely N-dealkylation sites (tertiary alicyclic amines) is 1. The summed E-state index contributed by atoms with van der Waals surface area (Å²) in [5.41, 5.74) is 0. The molecule has 1 heterocycles. The fourth-order valence-electron chi connectivity index (χ4n) is 2.25. The molecule has 98 valence electrons. The van der Waals surface area contributed by atoms with Crippen LogP contribution in [-0.2, 0) is 9.59 Å². The van der Waals surface area contributed by atoms with E-state index in [2.05, 4.69) is 4.90 Å². The van der Waals surface area contributed by atoms with Crippen molar-refractivity contribution in [2.75, 3.05) is 27.2 Å². The number of piperidine rings is 1. The molecule has 0 aromatic carbocycles. The van der Waals surface area contributed by atoms with Gasteiger partial charge in [0, 0.05) is 33.1 Å². The van der Waals surface area contributed by atoms with Gasteiger partial charge in [-0.15, -0.1) is 0 Å². The van der Waals surface area contributed by atoms with Gasteiger partial charge in [0.25, 0.3) is 0 Å². The van der Waals surface area contributed by atoms with Crippen molar-refractivity contribution in [1.82, 2.24) is 9.80 Å². The van der Waals surface area contributed by atoms with Crippen molar-refractivity contribution in [3.05, 3.63) is 0 Å². The summed E-state index contributed by atoms with van der Waals surface area (Å²) >= 11 is 0. The van der Waals surface area contributed by atoms with E-state index in [0.29, 0.717) is 13.0 Å². The minimum atomic E-state index is -0.749. The first-order valence-corrected chi connectivity index (χ1v) is 6.16. The molecule has 0 aromatic rings. The molecule has 1 saturated heterocycles. The van der Waals surface area contributed by atoms with Gasteiger partial charge in [0.1, 0.15) is 0 Å². The number of hydrogen-bond acceptors (Lipinski definition) is 3. The average molecular weight is 242 g/mol. The summed E-state index contributed by atoms with van der Waals surface area (Å²) in [6.45, 7) is 1.59. The maximum absolute atomic E-state index is 11.5. The smallest absolute Gasteiger partial charge is 0.304 e. The highest BCUT2D eigenvalue weighted by atomic mass is 16.4. The average Bonchev–Trinajstić information content (AvgIpc) is 2.26. The minimum Gasteiger partial charge on any atom is -0.481 e. The molecule has 1 rings (SSSR count). The number of hydrogen-bond donors (Lipinski definition) is 1. The standard InChI is InChI=1S/C12H22N2O3/c1-13(2)11(15)6-8-14-7-4-3-5-10(14)9-12(16)17/h10H,3-9H2,1-2H3,(H,16,17). The summed E-state index contributed by atoms with van der Waals surface area (Å²) in [6, 6.07) is 0.108. The summed E-state index contributed by atoms with van der Waals surface area (Å²) in [7, 11) is 3.49. The number of rotatable bonds is 5. The van der Waals surface area contributed by atoms with E-state index >= 15 is 0 Å². The van der Waals surface area contributed by atoms with Gasteiger partial charge in [0.05, 0.1) is 6.42 Å². The van der Waals surface area contributed by atoms with Crippen LogP contribution in [-0.4, -0.2) is 60.0 Å². The second-order valence-corrected chi connectivity index (χ2v) is 4.82. The Morgan fingerprint density at radius 3 is 2.65 bits per heavy atom. The molecule has 1 aliphatic heterocycles. The van der Waals surface area contributed by atoms with Crippen LogP contribution in [0.15, 0.2) is 0 Å². The third kappa shape index (κ3) is 4.73. The zero-order valence-corrected chi connectivity index (χ0v) is 10.7. The van der Waals surface area contributed by atoms with Crippen molar-refractivity contribution in [2.24, 2.45) is 0 Å². The largest absolute Gasteiger partial charge is 0.481 e. The lowest BCUT2D eigenvalue weighted by molar-refractivity contribution is -0.138. The van der Waals surface area contributed by atoms with Gasteiger partial charge >= 0.3 is 5.97 Å². The van der Waals surface area contributed by atoms with Crippen LogP contribution in [0.5, 0.6) is 0 Å². The second-order valence-electron chi connectivity index (χ2n) is 4.82. The zero-order chi connectivity index (χ0) is 12.8. The maximum atomic E-state index is 11.5. The first-order valence-electron chi connectivity index (χ1n) is 6.16. The van der Waals surface area contributed by atoms with E-state index in [4.69, 9.17) is 5.11 Å². The number of carbonyl (C=O) groups is 2. The third-order valence-electron chi connectivity index (χ3n) is 3.27. The zero-order valence-electron chi connectivity index (χ0n) is 10.7. The van der Waals surface area contributed by atoms with Crippen molar-refractivity contribution < 1.29 is 14.7 Å². The van der Waals surface area contributed by atoms with Gasteiger partial charge in [0.2, 0.25) is 5.91 Å². The van der Waals surface area contributed by atoms with Crippen molar-refractivity contribution >= 4 is 11.9 Å². The quantitative estimate of drug-likeness (QED) is 0.774. The van der Waals surface area contributed by atoms with Crippen LogP contribution in [0.25, 0.3) is 0 Å². The predicted molar refractivity (Wildman–Crippen MR) is 64.8 cm³/mol. The maximum Gasteiger partial charge on any atom is 0.304 e. The summed E-state index contributed by atoms with van der Waals surface area (Å²) in [6.07, 6.45) is 3.80. The van der Waals surface area contributed by atoms with Gasteiger partial charge in [-0.3, -0.25) is 14.5 Å². The summed E-state index contributed by atoms with van der Waals surface area (Å²) in [4.78, 5) is 26.0. The van der Waals surface area contributed by atoms with E-state index < -0.39 is 5.97 Å². The Kier molecular flexibility index (Phi) is 5.41. The predicted octanol–water partition coefficient (Wildman–Crippen LogP) is 0.794. The van der Waals surface area contributed by atoms with E-state index in [0.717, 1.165) is 25.8 Å². The minimum absolute atomic E-state index is 0.102. The highest BCUT2D eigenvalue weighted by Gasteiger charge is 2.24. The lowest BCUT2D eigenvalue weighted by Gasteiger charge is -2.34. The van der Waals surface area contributed by atoms with E-state index in [1.54, 1.807) is 19.0 Å². The Morgan fingerprint density at radius 2 is 2.06 bits per heavy atom. The molecule has 1 N–H and O–H groups in total. The molecule has 0 aliphatic carbocycles. The molecule has 1 unspecified atom stereocenters. The molecule has 1 amide bonds. The Labute approximate surface area is 102 Å². The van der Waals surface area contributed by atoms with Gasteiger partial charge in [-0.05, 0) is 19.4 Å². The second kappa shape index (κ2) is 6.59. The fourth-order valence-corrected chi connectivity index (χ4v) is 2.25. The monoisotopic (exact) mass is 242 g/mol. The van der Waals surface area contributed by atoms with Crippen LogP contribution in [0.1, 0.15) is 32.1 Å². The summed E-state index contributed by atoms with van der Waals surface area (Å²) in [5.74, 6) is -0.648. The molecule has 0 saturated carbocycles. The Hall–Kier alpha value is -1.10. The fraction of sp³-hybridized carbons (Fsp3) is 0.833. The Balaban J connectivity index is 2.42. The van der Waals surface area contributed by atoms with Crippen LogP contribution >= 0.6 is 0 Å². The number of aliphatic carboxylic acids is 1. The van der Waals surface area contributed by atoms with Crippen LogP contribution in [0, 0.1) is 0 Å². The Morgan fingerprint density at radius 1 is 1.35 bits per heavy atom. The van der Waals surface area contributed by atoms with E-state index in [1.807, 2.05) is 0 Å². The van der Waals surface area contributed by atoms with Crippen molar-refractivity contribution in [3.8, 4) is 0 Å². The molecule has 1 atom stereocenters. The van der Waals surface area contributed by atoms with Crippen LogP contribution in [0.3, 0.4) is 0 Å². The number of nitrogens with zero attached hydrogens (tertiary/aromatic N) is 2. The molecule has 0 aromatic heterocycles. The topological polar surface area (TPSA) is 60.9 Å².